The van der Waals surface area contributed by atoms with Gasteiger partial charge in [-0.2, -0.15) is 13.2 Å². The quantitative estimate of drug-likeness (QED) is 0.657. The molecule has 0 saturated heterocycles. The van der Waals surface area contributed by atoms with E-state index >= 15 is 0 Å². The zero-order valence-electron chi connectivity index (χ0n) is 10.9. The Labute approximate surface area is 105 Å². The average molecular weight is 270 g/mol. The van der Waals surface area contributed by atoms with Gasteiger partial charge in [0, 0.05) is 25.7 Å². The summed E-state index contributed by atoms with van der Waals surface area (Å²) in [6.45, 7) is 4.38. The lowest BCUT2D eigenvalue weighted by molar-refractivity contribution is -0.192. The number of halogens is 3. The van der Waals surface area contributed by atoms with Crippen molar-refractivity contribution in [1.82, 2.24) is 10.2 Å². The SMILES string of the molecule is CCC(C)N(C)CCNCC(C(=O)O)C(F)(F)F. The molecule has 0 radical (unpaired) electrons. The Morgan fingerprint density at radius 1 is 1.44 bits per heavy atom. The van der Waals surface area contributed by atoms with Crippen LogP contribution in [0, 0.1) is 5.92 Å². The van der Waals surface area contributed by atoms with Crippen LogP contribution < -0.4 is 5.32 Å². The van der Waals surface area contributed by atoms with Crippen molar-refractivity contribution in [2.75, 3.05) is 26.7 Å². The van der Waals surface area contributed by atoms with Gasteiger partial charge in [0.15, 0.2) is 5.92 Å². The molecule has 0 aromatic heterocycles. The van der Waals surface area contributed by atoms with E-state index in [2.05, 4.69) is 5.32 Å². The van der Waals surface area contributed by atoms with Crippen molar-refractivity contribution < 1.29 is 23.1 Å². The number of carbonyl (C=O) groups is 1. The first-order chi connectivity index (χ1) is 8.20. The topological polar surface area (TPSA) is 52.6 Å². The second-order valence-corrected chi connectivity index (χ2v) is 4.37. The minimum absolute atomic E-state index is 0.334. The molecule has 4 nitrogen and oxygen atoms in total. The van der Waals surface area contributed by atoms with Crippen LogP contribution in [0.3, 0.4) is 0 Å². The second kappa shape index (κ2) is 7.58. The van der Waals surface area contributed by atoms with Gasteiger partial charge in [0.05, 0.1) is 0 Å². The molecule has 0 aromatic rings. The van der Waals surface area contributed by atoms with Crippen molar-refractivity contribution in [2.45, 2.75) is 32.5 Å². The van der Waals surface area contributed by atoms with E-state index in [-0.39, 0.29) is 0 Å². The molecule has 2 unspecified atom stereocenters. The van der Waals surface area contributed by atoms with Crippen LogP contribution in [-0.2, 0) is 4.79 Å². The molecule has 2 atom stereocenters. The molecule has 0 aliphatic rings. The molecular formula is C11H21F3N2O2. The van der Waals surface area contributed by atoms with Gasteiger partial charge >= 0.3 is 12.1 Å². The molecule has 0 aliphatic carbocycles. The third kappa shape index (κ3) is 6.20. The van der Waals surface area contributed by atoms with Crippen LogP contribution in [0.2, 0.25) is 0 Å². The van der Waals surface area contributed by atoms with Crippen molar-refractivity contribution in [2.24, 2.45) is 5.92 Å². The first kappa shape index (κ1) is 17.2. The molecule has 0 spiro atoms. The number of nitrogens with one attached hydrogen (secondary N) is 1. The van der Waals surface area contributed by atoms with Crippen LogP contribution in [-0.4, -0.2) is 54.9 Å². The lowest BCUT2D eigenvalue weighted by Gasteiger charge is -2.24. The van der Waals surface area contributed by atoms with Gasteiger partial charge in [0.25, 0.3) is 0 Å². The van der Waals surface area contributed by atoms with Crippen LogP contribution in [0.1, 0.15) is 20.3 Å². The summed E-state index contributed by atoms with van der Waals surface area (Å²) in [5.74, 6) is -4.18. The third-order valence-corrected chi connectivity index (χ3v) is 3.03. The number of hydrogen-bond acceptors (Lipinski definition) is 3. The molecule has 18 heavy (non-hydrogen) atoms. The van der Waals surface area contributed by atoms with E-state index in [0.717, 1.165) is 6.42 Å². The van der Waals surface area contributed by atoms with Crippen molar-refractivity contribution in [3.63, 3.8) is 0 Å². The smallest absolute Gasteiger partial charge is 0.403 e. The molecule has 0 bridgehead atoms. The number of carboxylic acids is 1. The predicted molar refractivity (Wildman–Crippen MR) is 62.4 cm³/mol. The van der Waals surface area contributed by atoms with Crippen LogP contribution in [0.5, 0.6) is 0 Å². The highest BCUT2D eigenvalue weighted by atomic mass is 19.4. The average Bonchev–Trinajstić information content (AvgIpc) is 2.24. The number of likely N-dealkylation sites (N-methyl/N-ethyl adjacent to an activating group) is 1. The molecule has 108 valence electrons. The molecule has 2 N–H and O–H groups in total. The summed E-state index contributed by atoms with van der Waals surface area (Å²) in [7, 11) is 1.88. The summed E-state index contributed by atoms with van der Waals surface area (Å²) >= 11 is 0. The van der Waals surface area contributed by atoms with E-state index < -0.39 is 24.6 Å². The Morgan fingerprint density at radius 2 is 2.00 bits per heavy atom. The number of rotatable bonds is 8. The summed E-state index contributed by atoms with van der Waals surface area (Å²) < 4.78 is 36.9. The molecule has 0 amide bonds. The van der Waals surface area contributed by atoms with Gasteiger partial charge in [-0.1, -0.05) is 6.92 Å². The van der Waals surface area contributed by atoms with Gasteiger partial charge in [0.2, 0.25) is 0 Å². The fraction of sp³-hybridized carbons (Fsp3) is 0.909. The van der Waals surface area contributed by atoms with Gasteiger partial charge in [0.1, 0.15) is 0 Å². The summed E-state index contributed by atoms with van der Waals surface area (Å²) in [6, 6.07) is 0.352. The first-order valence-electron chi connectivity index (χ1n) is 5.90. The van der Waals surface area contributed by atoms with E-state index in [1.807, 2.05) is 25.8 Å². The van der Waals surface area contributed by atoms with Gasteiger partial charge in [-0.15, -0.1) is 0 Å². The highest BCUT2D eigenvalue weighted by Gasteiger charge is 2.44. The van der Waals surface area contributed by atoms with Crippen molar-refractivity contribution in [1.29, 1.82) is 0 Å². The van der Waals surface area contributed by atoms with E-state index in [1.54, 1.807) is 0 Å². The van der Waals surface area contributed by atoms with E-state index in [0.29, 0.717) is 19.1 Å². The first-order valence-corrected chi connectivity index (χ1v) is 5.90. The predicted octanol–water partition coefficient (Wildman–Crippen LogP) is 1.57. The van der Waals surface area contributed by atoms with Crippen molar-refractivity contribution in [3.8, 4) is 0 Å². The molecule has 0 heterocycles. The Kier molecular flexibility index (Phi) is 7.23. The molecule has 7 heteroatoms. The normalized spacial score (nSPS) is 15.7. The Balaban J connectivity index is 3.99. The van der Waals surface area contributed by atoms with Gasteiger partial charge in [-0.25, -0.2) is 0 Å². The monoisotopic (exact) mass is 270 g/mol. The Bertz CT molecular complexity index is 259. The Morgan fingerprint density at radius 3 is 2.39 bits per heavy atom. The number of nitrogens with zero attached hydrogens (tertiary/aromatic N) is 1. The largest absolute Gasteiger partial charge is 0.481 e. The van der Waals surface area contributed by atoms with E-state index in [9.17, 15) is 18.0 Å². The maximum Gasteiger partial charge on any atom is 0.403 e. The van der Waals surface area contributed by atoms with Gasteiger partial charge in [-0.05, 0) is 20.4 Å². The maximum absolute atomic E-state index is 12.3. The zero-order chi connectivity index (χ0) is 14.3. The summed E-state index contributed by atoms with van der Waals surface area (Å²) in [5, 5.41) is 11.0. The van der Waals surface area contributed by atoms with Gasteiger partial charge in [-0.3, -0.25) is 4.79 Å². The molecule has 0 aromatic carbocycles. The molecule has 0 aliphatic heterocycles. The van der Waals surface area contributed by atoms with E-state index in [4.69, 9.17) is 5.11 Å². The minimum Gasteiger partial charge on any atom is -0.481 e. The standard InChI is InChI=1S/C11H21F3N2O2/c1-4-8(2)16(3)6-5-15-7-9(10(17)18)11(12,13)14/h8-9,15H,4-7H2,1-3H3,(H,17,18). The fourth-order valence-electron chi connectivity index (χ4n) is 1.38. The number of alkyl halides is 3. The lowest BCUT2D eigenvalue weighted by Crippen LogP contribution is -2.42. The van der Waals surface area contributed by atoms with Crippen molar-refractivity contribution >= 4 is 5.97 Å². The minimum atomic E-state index is -4.71. The number of hydrogen-bond donors (Lipinski definition) is 2. The summed E-state index contributed by atoms with van der Waals surface area (Å²) in [6.07, 6.45) is -3.75. The Hall–Kier alpha value is -0.820. The molecule has 0 rings (SSSR count). The molecule has 0 saturated carbocycles. The highest BCUT2D eigenvalue weighted by Crippen LogP contribution is 2.25. The maximum atomic E-state index is 12.3. The third-order valence-electron chi connectivity index (χ3n) is 3.03. The zero-order valence-corrected chi connectivity index (χ0v) is 10.9. The van der Waals surface area contributed by atoms with Crippen molar-refractivity contribution in [3.05, 3.63) is 0 Å². The summed E-state index contributed by atoms with van der Waals surface area (Å²) in [4.78, 5) is 12.5. The molecular weight excluding hydrogens is 249 g/mol. The van der Waals surface area contributed by atoms with E-state index in [1.165, 1.54) is 0 Å². The van der Waals surface area contributed by atoms with Crippen LogP contribution in [0.25, 0.3) is 0 Å². The number of carboxylic acid groups (broad SMARTS) is 1. The van der Waals surface area contributed by atoms with Crippen LogP contribution in [0.4, 0.5) is 13.2 Å². The highest BCUT2D eigenvalue weighted by molar-refractivity contribution is 5.71. The lowest BCUT2D eigenvalue weighted by atomic mass is 10.1. The van der Waals surface area contributed by atoms with Gasteiger partial charge < -0.3 is 15.3 Å². The number of aliphatic carboxylic acids is 1. The van der Waals surface area contributed by atoms with Crippen LogP contribution in [0.15, 0.2) is 0 Å². The fourth-order valence-corrected chi connectivity index (χ4v) is 1.38. The second-order valence-electron chi connectivity index (χ2n) is 4.37. The molecule has 0 fully saturated rings. The summed E-state index contributed by atoms with van der Waals surface area (Å²) in [5.41, 5.74) is 0. The van der Waals surface area contributed by atoms with Crippen LogP contribution >= 0.6 is 0 Å².